The summed E-state index contributed by atoms with van der Waals surface area (Å²) in [7, 11) is 3.27. The minimum Gasteiger partial charge on any atom is -0.497 e. The van der Waals surface area contributed by atoms with Gasteiger partial charge in [0.25, 0.3) is 0 Å². The van der Waals surface area contributed by atoms with E-state index in [2.05, 4.69) is 9.97 Å². The van der Waals surface area contributed by atoms with E-state index in [9.17, 15) is 18.0 Å². The number of aliphatic carboxylic acids is 1. The first kappa shape index (κ1) is 24.0. The number of hydrogen-bond acceptors (Lipinski definition) is 5. The largest absolute Gasteiger partial charge is 0.497 e. The average Bonchev–Trinajstić information content (AvgIpc) is 3.34. The molecule has 1 aromatic heterocycles. The van der Waals surface area contributed by atoms with E-state index >= 15 is 0 Å². The fourth-order valence-corrected chi connectivity index (χ4v) is 3.12. The molecule has 0 bridgehead atoms. The van der Waals surface area contributed by atoms with Crippen molar-refractivity contribution >= 4 is 11.9 Å². The van der Waals surface area contributed by atoms with Crippen molar-refractivity contribution in [2.75, 3.05) is 20.8 Å². The number of alkyl halides is 3. The molecule has 0 saturated carbocycles. The van der Waals surface area contributed by atoms with Gasteiger partial charge in [0.2, 0.25) is 5.91 Å². The second-order valence-corrected chi connectivity index (χ2v) is 7.09. The van der Waals surface area contributed by atoms with Crippen LogP contribution in [0.3, 0.4) is 0 Å². The number of aromatic nitrogens is 2. The number of aromatic amines is 1. The van der Waals surface area contributed by atoms with Crippen LogP contribution in [0, 0.1) is 0 Å². The van der Waals surface area contributed by atoms with Crippen LogP contribution in [0.4, 0.5) is 13.2 Å². The third-order valence-corrected chi connectivity index (χ3v) is 4.70. The first-order valence-electron chi connectivity index (χ1n) is 9.34. The van der Waals surface area contributed by atoms with Crippen molar-refractivity contribution in [1.29, 1.82) is 0 Å². The van der Waals surface area contributed by atoms with Crippen molar-refractivity contribution < 1.29 is 37.3 Å². The lowest BCUT2D eigenvalue weighted by Crippen LogP contribution is -2.31. The standard InChI is InChI=1S/C18H23N3O3.C2HF3O2/c1-11(2)21-10-12(7-17(21)22)18-19-9-15(20-18)14-8-13(23-3)5-6-16(14)24-4;3-2(4,5)1(6)7/h5-6,8-9,11-12H,7,10H2,1-4H3,(H,19,20);(H,6,7). The summed E-state index contributed by atoms with van der Waals surface area (Å²) in [4.78, 5) is 30.8. The number of ether oxygens (including phenoxy) is 2. The number of carbonyl (C=O) groups excluding carboxylic acids is 1. The number of hydrogen-bond donors (Lipinski definition) is 2. The van der Waals surface area contributed by atoms with Crippen LogP contribution in [0.25, 0.3) is 11.3 Å². The smallest absolute Gasteiger partial charge is 0.490 e. The van der Waals surface area contributed by atoms with E-state index in [0.29, 0.717) is 13.0 Å². The van der Waals surface area contributed by atoms with Crippen LogP contribution < -0.4 is 9.47 Å². The zero-order chi connectivity index (χ0) is 23.3. The average molecular weight is 443 g/mol. The second-order valence-electron chi connectivity index (χ2n) is 7.09. The highest BCUT2D eigenvalue weighted by Crippen LogP contribution is 2.34. The van der Waals surface area contributed by atoms with Gasteiger partial charge in [-0.25, -0.2) is 9.78 Å². The highest BCUT2D eigenvalue weighted by molar-refractivity contribution is 5.80. The molecule has 11 heteroatoms. The molecule has 31 heavy (non-hydrogen) atoms. The van der Waals surface area contributed by atoms with E-state index in [1.54, 1.807) is 20.4 Å². The number of benzene rings is 1. The Kier molecular flexibility index (Phi) is 7.53. The van der Waals surface area contributed by atoms with E-state index < -0.39 is 12.1 Å². The first-order chi connectivity index (χ1) is 14.5. The molecule has 0 aliphatic carbocycles. The van der Waals surface area contributed by atoms with Crippen molar-refractivity contribution in [3.05, 3.63) is 30.2 Å². The van der Waals surface area contributed by atoms with Crippen LogP contribution in [0.5, 0.6) is 11.5 Å². The lowest BCUT2D eigenvalue weighted by molar-refractivity contribution is -0.192. The summed E-state index contributed by atoms with van der Waals surface area (Å²) in [6, 6.07) is 5.86. The van der Waals surface area contributed by atoms with Crippen LogP contribution in [0.2, 0.25) is 0 Å². The first-order valence-corrected chi connectivity index (χ1v) is 9.34. The summed E-state index contributed by atoms with van der Waals surface area (Å²) in [6.45, 7) is 4.78. The molecule has 0 spiro atoms. The molecule has 2 N–H and O–H groups in total. The molecule has 1 saturated heterocycles. The molecule has 1 aliphatic rings. The van der Waals surface area contributed by atoms with Gasteiger partial charge in [0.1, 0.15) is 17.3 Å². The normalized spacial score (nSPS) is 16.2. The van der Waals surface area contributed by atoms with Gasteiger partial charge in [-0.2, -0.15) is 13.2 Å². The van der Waals surface area contributed by atoms with Crippen LogP contribution in [-0.2, 0) is 9.59 Å². The number of halogens is 3. The Balaban J connectivity index is 0.000000423. The molecule has 1 amide bonds. The van der Waals surface area contributed by atoms with E-state index in [1.165, 1.54) is 0 Å². The van der Waals surface area contributed by atoms with E-state index in [4.69, 9.17) is 19.4 Å². The number of nitrogens with one attached hydrogen (secondary N) is 1. The van der Waals surface area contributed by atoms with Crippen molar-refractivity contribution in [2.24, 2.45) is 0 Å². The van der Waals surface area contributed by atoms with Crippen LogP contribution in [0.15, 0.2) is 24.4 Å². The number of nitrogens with zero attached hydrogens (tertiary/aromatic N) is 2. The summed E-state index contributed by atoms with van der Waals surface area (Å²) >= 11 is 0. The highest BCUT2D eigenvalue weighted by atomic mass is 19.4. The van der Waals surface area contributed by atoms with Crippen molar-refractivity contribution in [2.45, 2.75) is 38.4 Å². The third-order valence-electron chi connectivity index (χ3n) is 4.70. The molecule has 3 rings (SSSR count). The molecule has 8 nitrogen and oxygen atoms in total. The predicted octanol–water partition coefficient (Wildman–Crippen LogP) is 3.45. The number of likely N-dealkylation sites (tertiary alicyclic amines) is 1. The SMILES string of the molecule is COc1ccc(OC)c(-c2cnc(C3CC(=O)N(C(C)C)C3)[nH]2)c1.O=C(O)C(F)(F)F. The molecule has 1 atom stereocenters. The van der Waals surface area contributed by atoms with Crippen molar-refractivity contribution in [1.82, 2.24) is 14.9 Å². The van der Waals surface area contributed by atoms with Gasteiger partial charge in [0, 0.05) is 30.5 Å². The maximum absolute atomic E-state index is 12.1. The Morgan fingerprint density at radius 1 is 1.29 bits per heavy atom. The summed E-state index contributed by atoms with van der Waals surface area (Å²) in [6.07, 6.45) is -2.80. The Morgan fingerprint density at radius 2 is 1.94 bits per heavy atom. The Labute approximate surface area is 177 Å². The maximum Gasteiger partial charge on any atom is 0.490 e. The molecule has 0 radical (unpaired) electrons. The molecule has 170 valence electrons. The Bertz CT molecular complexity index is 927. The molecule has 1 aromatic carbocycles. The zero-order valence-corrected chi connectivity index (χ0v) is 17.5. The Morgan fingerprint density at radius 3 is 2.42 bits per heavy atom. The summed E-state index contributed by atoms with van der Waals surface area (Å²) in [5.74, 6) is -0.127. The van der Waals surface area contributed by atoms with Gasteiger partial charge in [-0.3, -0.25) is 4.79 Å². The lowest BCUT2D eigenvalue weighted by Gasteiger charge is -2.20. The third kappa shape index (κ3) is 5.89. The minimum atomic E-state index is -5.08. The summed E-state index contributed by atoms with van der Waals surface area (Å²) in [5.41, 5.74) is 1.75. The fraction of sp³-hybridized carbons (Fsp3) is 0.450. The number of carbonyl (C=O) groups is 2. The number of amides is 1. The number of rotatable bonds is 5. The Hall–Kier alpha value is -3.24. The van der Waals surface area contributed by atoms with Gasteiger partial charge in [-0.05, 0) is 32.0 Å². The lowest BCUT2D eigenvalue weighted by atomic mass is 10.1. The fourth-order valence-electron chi connectivity index (χ4n) is 3.12. The number of carboxylic acids is 1. The highest BCUT2D eigenvalue weighted by Gasteiger charge is 2.38. The van der Waals surface area contributed by atoms with Gasteiger partial charge in [0.15, 0.2) is 0 Å². The van der Waals surface area contributed by atoms with E-state index in [-0.39, 0.29) is 17.9 Å². The van der Waals surface area contributed by atoms with Gasteiger partial charge in [-0.15, -0.1) is 0 Å². The van der Waals surface area contributed by atoms with Crippen LogP contribution >= 0.6 is 0 Å². The number of imidazole rings is 1. The van der Waals surface area contributed by atoms with Gasteiger partial charge in [0.05, 0.1) is 26.1 Å². The molecular formula is C20H24F3N3O5. The van der Waals surface area contributed by atoms with Gasteiger partial charge in [-0.1, -0.05) is 0 Å². The molecule has 1 unspecified atom stereocenters. The van der Waals surface area contributed by atoms with Gasteiger partial charge < -0.3 is 24.5 Å². The predicted molar refractivity (Wildman–Crippen MR) is 105 cm³/mol. The zero-order valence-electron chi connectivity index (χ0n) is 17.5. The van der Waals surface area contributed by atoms with Crippen molar-refractivity contribution in [3.8, 4) is 22.8 Å². The maximum atomic E-state index is 12.1. The van der Waals surface area contributed by atoms with E-state index in [0.717, 1.165) is 28.6 Å². The minimum absolute atomic E-state index is 0.102. The summed E-state index contributed by atoms with van der Waals surface area (Å²) < 4.78 is 42.5. The van der Waals surface area contributed by atoms with Crippen LogP contribution in [-0.4, -0.2) is 64.8 Å². The molecule has 2 heterocycles. The van der Waals surface area contributed by atoms with Crippen LogP contribution in [0.1, 0.15) is 32.0 Å². The van der Waals surface area contributed by atoms with E-state index in [1.807, 2.05) is 36.9 Å². The molecular weight excluding hydrogens is 419 g/mol. The topological polar surface area (TPSA) is 105 Å². The van der Waals surface area contributed by atoms with Gasteiger partial charge >= 0.3 is 12.1 Å². The summed E-state index contributed by atoms with van der Waals surface area (Å²) in [5, 5.41) is 7.12. The number of H-pyrrole nitrogens is 1. The number of carboxylic acid groups (broad SMARTS) is 1. The molecule has 2 aromatic rings. The van der Waals surface area contributed by atoms with Crippen molar-refractivity contribution in [3.63, 3.8) is 0 Å². The molecule has 1 fully saturated rings. The number of methoxy groups -OCH3 is 2. The quantitative estimate of drug-likeness (QED) is 0.734. The molecule has 1 aliphatic heterocycles. The monoisotopic (exact) mass is 443 g/mol. The second kappa shape index (κ2) is 9.71.